The number of nitrogens with zero attached hydrogens (tertiary/aromatic N) is 3. The van der Waals surface area contributed by atoms with E-state index in [9.17, 15) is 4.79 Å². The Hall–Kier alpha value is -1.73. The molecule has 0 bridgehead atoms. The van der Waals surface area contributed by atoms with Gasteiger partial charge in [0.1, 0.15) is 15.2 Å². The van der Waals surface area contributed by atoms with Crippen LogP contribution in [0.4, 0.5) is 5.69 Å². The highest BCUT2D eigenvalue weighted by Crippen LogP contribution is 2.31. The molecule has 0 saturated carbocycles. The van der Waals surface area contributed by atoms with Crippen LogP contribution >= 0.6 is 11.3 Å². The number of carbonyl (C=O) groups is 1. The van der Waals surface area contributed by atoms with E-state index in [1.54, 1.807) is 24.3 Å². The van der Waals surface area contributed by atoms with E-state index in [1.165, 1.54) is 11.3 Å². The normalized spacial score (nSPS) is 10.8. The molecule has 0 aromatic carbocycles. The van der Waals surface area contributed by atoms with Crippen molar-refractivity contribution in [3.05, 3.63) is 17.3 Å². The highest BCUT2D eigenvalue weighted by molar-refractivity contribution is 7.21. The summed E-state index contributed by atoms with van der Waals surface area (Å²) in [7, 11) is 3.60. The lowest BCUT2D eigenvalue weighted by Crippen LogP contribution is -2.32. The molecular weight excluding hydrogens is 250 g/mol. The van der Waals surface area contributed by atoms with Crippen LogP contribution in [0, 0.1) is 0 Å². The number of rotatable bonds is 4. The van der Waals surface area contributed by atoms with Gasteiger partial charge in [-0.25, -0.2) is 9.97 Å². The fourth-order valence-corrected chi connectivity index (χ4v) is 2.57. The molecule has 0 atom stereocenters. The van der Waals surface area contributed by atoms with Crippen LogP contribution in [0.25, 0.3) is 10.3 Å². The van der Waals surface area contributed by atoms with E-state index >= 15 is 0 Å². The molecule has 2 rings (SSSR count). The van der Waals surface area contributed by atoms with Crippen LogP contribution in [0.1, 0.15) is 9.67 Å². The molecule has 0 aliphatic heterocycles. The van der Waals surface area contributed by atoms with E-state index in [0.717, 1.165) is 6.54 Å². The van der Waals surface area contributed by atoms with Gasteiger partial charge in [0.05, 0.1) is 5.69 Å². The summed E-state index contributed by atoms with van der Waals surface area (Å²) in [5, 5.41) is 3.00. The van der Waals surface area contributed by atoms with Gasteiger partial charge in [-0.15, -0.1) is 11.3 Å². The van der Waals surface area contributed by atoms with E-state index in [2.05, 4.69) is 15.3 Å². The number of carbonyl (C=O) groups excluding carboxylic acids is 1. The number of anilines is 1. The maximum absolute atomic E-state index is 12.2. The minimum absolute atomic E-state index is 0.0902. The molecule has 3 N–H and O–H groups in total. The maximum Gasteiger partial charge on any atom is 0.265 e. The SMILES string of the molecule is CNCCN(C)C(=O)c1sc2nccnc2c1N. The van der Waals surface area contributed by atoms with E-state index in [0.29, 0.717) is 27.5 Å². The van der Waals surface area contributed by atoms with E-state index < -0.39 is 0 Å². The third kappa shape index (κ3) is 2.27. The van der Waals surface area contributed by atoms with E-state index in [-0.39, 0.29) is 5.91 Å². The smallest absolute Gasteiger partial charge is 0.265 e. The zero-order chi connectivity index (χ0) is 13.1. The van der Waals surface area contributed by atoms with Crippen molar-refractivity contribution in [2.24, 2.45) is 0 Å². The van der Waals surface area contributed by atoms with Gasteiger partial charge in [-0.3, -0.25) is 4.79 Å². The Morgan fingerprint density at radius 3 is 2.89 bits per heavy atom. The second-order valence-corrected chi connectivity index (χ2v) is 4.88. The molecule has 96 valence electrons. The van der Waals surface area contributed by atoms with Crippen molar-refractivity contribution >= 4 is 33.3 Å². The van der Waals surface area contributed by atoms with Gasteiger partial charge in [-0.05, 0) is 7.05 Å². The average Bonchev–Trinajstić information content (AvgIpc) is 2.73. The number of nitrogens with two attached hydrogens (primary N) is 1. The monoisotopic (exact) mass is 265 g/mol. The number of amides is 1. The number of fused-ring (bicyclic) bond motifs is 1. The van der Waals surface area contributed by atoms with Crippen molar-refractivity contribution in [1.82, 2.24) is 20.2 Å². The van der Waals surface area contributed by atoms with Crippen molar-refractivity contribution in [3.63, 3.8) is 0 Å². The maximum atomic E-state index is 12.2. The van der Waals surface area contributed by atoms with Gasteiger partial charge in [-0.1, -0.05) is 0 Å². The summed E-state index contributed by atoms with van der Waals surface area (Å²) < 4.78 is 0. The van der Waals surface area contributed by atoms with Crippen LogP contribution in [0.2, 0.25) is 0 Å². The number of hydrogen-bond donors (Lipinski definition) is 2. The fraction of sp³-hybridized carbons (Fsp3) is 0.364. The van der Waals surface area contributed by atoms with Crippen LogP contribution in [0.3, 0.4) is 0 Å². The van der Waals surface area contributed by atoms with Crippen molar-refractivity contribution in [2.45, 2.75) is 0 Å². The van der Waals surface area contributed by atoms with Gasteiger partial charge in [0.2, 0.25) is 0 Å². The highest BCUT2D eigenvalue weighted by atomic mass is 32.1. The van der Waals surface area contributed by atoms with Crippen molar-refractivity contribution in [1.29, 1.82) is 0 Å². The Morgan fingerprint density at radius 2 is 2.22 bits per heavy atom. The summed E-state index contributed by atoms with van der Waals surface area (Å²) in [5.74, 6) is -0.0902. The molecule has 0 fully saturated rings. The second kappa shape index (κ2) is 5.28. The molecular formula is C11H15N5OS. The Bertz CT molecular complexity index is 568. The van der Waals surface area contributed by atoms with E-state index in [4.69, 9.17) is 5.73 Å². The third-order valence-corrected chi connectivity index (χ3v) is 3.69. The van der Waals surface area contributed by atoms with Crippen molar-refractivity contribution < 1.29 is 4.79 Å². The Morgan fingerprint density at radius 1 is 1.50 bits per heavy atom. The van der Waals surface area contributed by atoms with Crippen LogP contribution in [0.5, 0.6) is 0 Å². The number of hydrogen-bond acceptors (Lipinski definition) is 6. The van der Waals surface area contributed by atoms with Gasteiger partial charge in [0, 0.05) is 32.5 Å². The molecule has 0 aliphatic rings. The number of thiophene rings is 1. The van der Waals surface area contributed by atoms with Crippen LogP contribution in [0.15, 0.2) is 12.4 Å². The fourth-order valence-electron chi connectivity index (χ4n) is 1.56. The van der Waals surface area contributed by atoms with Crippen LogP contribution in [-0.4, -0.2) is 48.0 Å². The number of nitrogens with one attached hydrogen (secondary N) is 1. The summed E-state index contributed by atoms with van der Waals surface area (Å²) in [6, 6.07) is 0. The van der Waals surface area contributed by atoms with Gasteiger partial charge in [-0.2, -0.15) is 0 Å². The molecule has 18 heavy (non-hydrogen) atoms. The molecule has 6 nitrogen and oxygen atoms in total. The van der Waals surface area contributed by atoms with Gasteiger partial charge >= 0.3 is 0 Å². The minimum atomic E-state index is -0.0902. The van der Waals surface area contributed by atoms with Crippen molar-refractivity contribution in [3.8, 4) is 0 Å². The lowest BCUT2D eigenvalue weighted by Gasteiger charge is -2.15. The average molecular weight is 265 g/mol. The molecule has 2 aromatic heterocycles. The first kappa shape index (κ1) is 12.7. The lowest BCUT2D eigenvalue weighted by molar-refractivity contribution is 0.0802. The van der Waals surface area contributed by atoms with E-state index in [1.807, 2.05) is 7.05 Å². The molecule has 0 spiro atoms. The summed E-state index contributed by atoms with van der Waals surface area (Å²) in [6.45, 7) is 1.37. The second-order valence-electron chi connectivity index (χ2n) is 3.89. The van der Waals surface area contributed by atoms with Gasteiger partial charge in [0.25, 0.3) is 5.91 Å². The number of aromatic nitrogens is 2. The first-order chi connectivity index (χ1) is 8.65. The largest absolute Gasteiger partial charge is 0.396 e. The summed E-state index contributed by atoms with van der Waals surface area (Å²) in [5.41, 5.74) is 6.98. The van der Waals surface area contributed by atoms with Crippen molar-refractivity contribution in [2.75, 3.05) is 32.9 Å². The zero-order valence-corrected chi connectivity index (χ0v) is 11.1. The first-order valence-electron chi connectivity index (χ1n) is 5.54. The predicted octanol–water partition coefficient (Wildman–Crippen LogP) is 0.565. The molecule has 2 heterocycles. The topological polar surface area (TPSA) is 84.1 Å². The molecule has 1 amide bonds. The molecule has 0 radical (unpaired) electrons. The Labute approximate surface area is 109 Å². The summed E-state index contributed by atoms with van der Waals surface area (Å²) >= 11 is 1.28. The molecule has 7 heteroatoms. The van der Waals surface area contributed by atoms with Crippen LogP contribution in [-0.2, 0) is 0 Å². The quantitative estimate of drug-likeness (QED) is 0.844. The summed E-state index contributed by atoms with van der Waals surface area (Å²) in [6.07, 6.45) is 3.17. The number of nitrogen functional groups attached to an aromatic ring is 1. The predicted molar refractivity (Wildman–Crippen MR) is 72.7 cm³/mol. The highest BCUT2D eigenvalue weighted by Gasteiger charge is 2.20. The standard InChI is InChI=1S/C11H15N5OS/c1-13-5-6-16(2)11(17)9-7(12)8-10(18-9)15-4-3-14-8/h3-4,13H,5-6,12H2,1-2H3. The molecule has 0 unspecified atom stereocenters. The zero-order valence-electron chi connectivity index (χ0n) is 10.3. The Kier molecular flexibility index (Phi) is 3.73. The molecule has 0 aliphatic carbocycles. The third-order valence-electron chi connectivity index (χ3n) is 2.60. The van der Waals surface area contributed by atoms with Crippen LogP contribution < -0.4 is 11.1 Å². The van der Waals surface area contributed by atoms with Gasteiger partial charge in [0.15, 0.2) is 0 Å². The molecule has 0 saturated heterocycles. The Balaban J connectivity index is 2.30. The first-order valence-corrected chi connectivity index (χ1v) is 6.36. The molecule has 2 aromatic rings. The van der Waals surface area contributed by atoms with Gasteiger partial charge < -0.3 is 16.0 Å². The lowest BCUT2D eigenvalue weighted by atomic mass is 10.3. The minimum Gasteiger partial charge on any atom is -0.396 e. The summed E-state index contributed by atoms with van der Waals surface area (Å²) in [4.78, 5) is 23.4. The number of likely N-dealkylation sites (N-methyl/N-ethyl adjacent to an activating group) is 2.